The summed E-state index contributed by atoms with van der Waals surface area (Å²) in [7, 11) is 0. The van der Waals surface area contributed by atoms with Crippen LogP contribution >= 0.6 is 23.2 Å². The fourth-order valence-electron chi connectivity index (χ4n) is 1.89. The lowest BCUT2D eigenvalue weighted by Gasteiger charge is -2.06. The van der Waals surface area contributed by atoms with Crippen molar-refractivity contribution < 1.29 is 9.21 Å². The molecule has 0 radical (unpaired) electrons. The lowest BCUT2D eigenvalue weighted by molar-refractivity contribution is -0.117. The van der Waals surface area contributed by atoms with E-state index < -0.39 is 5.91 Å². The summed E-state index contributed by atoms with van der Waals surface area (Å²) in [6.45, 7) is 3.64. The number of rotatable bonds is 4. The van der Waals surface area contributed by atoms with Crippen molar-refractivity contribution in [2.45, 2.75) is 19.9 Å². The number of nitriles is 1. The van der Waals surface area contributed by atoms with Gasteiger partial charge in [-0.25, -0.2) is 0 Å². The highest BCUT2D eigenvalue weighted by molar-refractivity contribution is 6.35. The third-order valence-electron chi connectivity index (χ3n) is 2.89. The van der Waals surface area contributed by atoms with Gasteiger partial charge in [0.1, 0.15) is 23.2 Å². The van der Waals surface area contributed by atoms with Crippen LogP contribution in [0, 0.1) is 11.3 Å². The number of benzene rings is 1. The van der Waals surface area contributed by atoms with Crippen LogP contribution in [0.1, 0.15) is 19.6 Å². The zero-order chi connectivity index (χ0) is 17.0. The van der Waals surface area contributed by atoms with Gasteiger partial charge < -0.3 is 9.73 Å². The lowest BCUT2D eigenvalue weighted by Crippen LogP contribution is -2.30. The minimum absolute atomic E-state index is 0.0307. The van der Waals surface area contributed by atoms with E-state index in [9.17, 15) is 4.79 Å². The highest BCUT2D eigenvalue weighted by atomic mass is 35.5. The minimum atomic E-state index is -0.443. The van der Waals surface area contributed by atoms with Gasteiger partial charge >= 0.3 is 0 Å². The number of nitrogens with zero attached hydrogens (tertiary/aromatic N) is 1. The molecule has 1 N–H and O–H groups in total. The largest absolute Gasteiger partial charge is 0.457 e. The van der Waals surface area contributed by atoms with E-state index in [1.165, 1.54) is 6.08 Å². The average molecular weight is 349 g/mol. The number of hydrogen-bond acceptors (Lipinski definition) is 3. The number of amides is 1. The first-order valence-corrected chi connectivity index (χ1v) is 7.64. The first kappa shape index (κ1) is 17.1. The zero-order valence-corrected chi connectivity index (χ0v) is 14.1. The van der Waals surface area contributed by atoms with Gasteiger partial charge in [-0.3, -0.25) is 4.79 Å². The normalized spacial score (nSPS) is 11.4. The maximum Gasteiger partial charge on any atom is 0.262 e. The molecule has 0 bridgehead atoms. The molecule has 0 aliphatic rings. The van der Waals surface area contributed by atoms with E-state index in [2.05, 4.69) is 5.32 Å². The van der Waals surface area contributed by atoms with Gasteiger partial charge in [0.15, 0.2) is 0 Å². The van der Waals surface area contributed by atoms with E-state index in [1.54, 1.807) is 30.3 Å². The van der Waals surface area contributed by atoms with Crippen LogP contribution in [0.5, 0.6) is 0 Å². The third kappa shape index (κ3) is 4.38. The van der Waals surface area contributed by atoms with Gasteiger partial charge in [-0.1, -0.05) is 23.2 Å². The predicted molar refractivity (Wildman–Crippen MR) is 91.0 cm³/mol. The number of furan rings is 1. The molecule has 4 nitrogen and oxygen atoms in total. The molecule has 0 saturated heterocycles. The summed E-state index contributed by atoms with van der Waals surface area (Å²) in [6, 6.07) is 10.2. The fourth-order valence-corrected chi connectivity index (χ4v) is 2.28. The molecule has 0 spiro atoms. The Labute approximate surface area is 144 Å². The first-order chi connectivity index (χ1) is 10.9. The van der Waals surface area contributed by atoms with Gasteiger partial charge in [-0.15, -0.1) is 0 Å². The topological polar surface area (TPSA) is 66.0 Å². The second-order valence-electron chi connectivity index (χ2n) is 5.12. The second kappa shape index (κ2) is 7.36. The average Bonchev–Trinajstić information content (AvgIpc) is 2.94. The molecule has 1 amide bonds. The van der Waals surface area contributed by atoms with Gasteiger partial charge in [0.25, 0.3) is 5.91 Å². The molecule has 2 aromatic rings. The Kier molecular flexibility index (Phi) is 5.49. The van der Waals surface area contributed by atoms with Crippen molar-refractivity contribution in [1.29, 1.82) is 5.26 Å². The van der Waals surface area contributed by atoms with E-state index in [-0.39, 0.29) is 11.6 Å². The van der Waals surface area contributed by atoms with E-state index in [1.807, 2.05) is 19.9 Å². The number of carbonyl (C=O) groups excluding carboxylic acids is 1. The summed E-state index contributed by atoms with van der Waals surface area (Å²) in [4.78, 5) is 11.9. The molecule has 0 saturated carbocycles. The predicted octanol–water partition coefficient (Wildman–Crippen LogP) is 4.68. The minimum Gasteiger partial charge on any atom is -0.457 e. The number of hydrogen-bond donors (Lipinski definition) is 1. The van der Waals surface area contributed by atoms with Gasteiger partial charge in [-0.05, 0) is 44.2 Å². The molecule has 1 aromatic heterocycles. The van der Waals surface area contributed by atoms with Crippen molar-refractivity contribution in [2.75, 3.05) is 0 Å². The molecule has 0 unspecified atom stereocenters. The van der Waals surface area contributed by atoms with Crippen LogP contribution in [0.3, 0.4) is 0 Å². The standard InChI is InChI=1S/C17H14Cl2N2O2/c1-10(2)21-17(22)11(9-20)7-13-4-6-16(23-13)14-8-12(18)3-5-15(14)19/h3-8,10H,1-2H3,(H,21,22). The number of nitrogens with one attached hydrogen (secondary N) is 1. The molecule has 0 aliphatic carbocycles. The zero-order valence-electron chi connectivity index (χ0n) is 12.6. The van der Waals surface area contributed by atoms with Crippen LogP contribution in [-0.4, -0.2) is 11.9 Å². The molecule has 0 atom stereocenters. The summed E-state index contributed by atoms with van der Waals surface area (Å²) < 4.78 is 5.64. The highest BCUT2D eigenvalue weighted by Crippen LogP contribution is 2.32. The summed E-state index contributed by atoms with van der Waals surface area (Å²) in [5.74, 6) is 0.443. The number of carbonyl (C=O) groups is 1. The maximum absolute atomic E-state index is 11.9. The van der Waals surface area contributed by atoms with Crippen molar-refractivity contribution in [3.8, 4) is 17.4 Å². The highest BCUT2D eigenvalue weighted by Gasteiger charge is 2.13. The Morgan fingerprint density at radius 1 is 1.30 bits per heavy atom. The quantitative estimate of drug-likeness (QED) is 0.643. The van der Waals surface area contributed by atoms with Crippen molar-refractivity contribution in [1.82, 2.24) is 5.32 Å². The van der Waals surface area contributed by atoms with E-state index in [0.29, 0.717) is 27.1 Å². The maximum atomic E-state index is 11.9. The Morgan fingerprint density at radius 3 is 2.70 bits per heavy atom. The van der Waals surface area contributed by atoms with Crippen LogP contribution in [0.4, 0.5) is 0 Å². The van der Waals surface area contributed by atoms with Crippen molar-refractivity contribution in [3.63, 3.8) is 0 Å². The second-order valence-corrected chi connectivity index (χ2v) is 5.97. The monoisotopic (exact) mass is 348 g/mol. The molecule has 1 heterocycles. The Morgan fingerprint density at radius 2 is 2.04 bits per heavy atom. The molecule has 23 heavy (non-hydrogen) atoms. The Balaban J connectivity index is 2.31. The summed E-state index contributed by atoms with van der Waals surface area (Å²) in [6.07, 6.45) is 1.39. The van der Waals surface area contributed by atoms with E-state index >= 15 is 0 Å². The third-order valence-corrected chi connectivity index (χ3v) is 3.46. The van der Waals surface area contributed by atoms with Gasteiger partial charge in [-0.2, -0.15) is 5.26 Å². The SMILES string of the molecule is CC(C)NC(=O)C(C#N)=Cc1ccc(-c2cc(Cl)ccc2Cl)o1. The Hall–Kier alpha value is -2.22. The fraction of sp³-hybridized carbons (Fsp3) is 0.176. The molecule has 2 rings (SSSR count). The Bertz CT molecular complexity index is 801. The summed E-state index contributed by atoms with van der Waals surface area (Å²) in [5, 5.41) is 12.8. The molecule has 0 aliphatic heterocycles. The van der Waals surface area contributed by atoms with Gasteiger partial charge in [0.05, 0.1) is 5.02 Å². The van der Waals surface area contributed by atoms with Crippen molar-refractivity contribution in [3.05, 3.63) is 51.7 Å². The number of halogens is 2. The summed E-state index contributed by atoms with van der Waals surface area (Å²) in [5.41, 5.74) is 0.612. The molecule has 1 aromatic carbocycles. The molecule has 6 heteroatoms. The van der Waals surface area contributed by atoms with Crippen LogP contribution in [0.15, 0.2) is 40.3 Å². The van der Waals surface area contributed by atoms with E-state index in [0.717, 1.165) is 0 Å². The van der Waals surface area contributed by atoms with Crippen LogP contribution in [-0.2, 0) is 4.79 Å². The first-order valence-electron chi connectivity index (χ1n) is 6.88. The van der Waals surface area contributed by atoms with Gasteiger partial charge in [0, 0.05) is 22.7 Å². The van der Waals surface area contributed by atoms with E-state index in [4.69, 9.17) is 32.9 Å². The molecule has 118 valence electrons. The van der Waals surface area contributed by atoms with Crippen LogP contribution < -0.4 is 5.32 Å². The molecular weight excluding hydrogens is 335 g/mol. The molecule has 0 fully saturated rings. The lowest BCUT2D eigenvalue weighted by atomic mass is 10.2. The van der Waals surface area contributed by atoms with Crippen LogP contribution in [0.2, 0.25) is 10.0 Å². The van der Waals surface area contributed by atoms with Gasteiger partial charge in [0.2, 0.25) is 0 Å². The molecular formula is C17H14Cl2N2O2. The summed E-state index contributed by atoms with van der Waals surface area (Å²) >= 11 is 12.1. The van der Waals surface area contributed by atoms with Crippen molar-refractivity contribution in [2.24, 2.45) is 0 Å². The van der Waals surface area contributed by atoms with Crippen LogP contribution in [0.25, 0.3) is 17.4 Å². The van der Waals surface area contributed by atoms with Crippen molar-refractivity contribution >= 4 is 35.2 Å². The smallest absolute Gasteiger partial charge is 0.262 e.